The van der Waals surface area contributed by atoms with Crippen molar-refractivity contribution in [3.63, 3.8) is 0 Å². The van der Waals surface area contributed by atoms with Gasteiger partial charge in [0.2, 0.25) is 11.9 Å². The number of guanidine groups is 1. The maximum absolute atomic E-state index is 12.0. The van der Waals surface area contributed by atoms with E-state index in [1.807, 2.05) is 35.2 Å². The van der Waals surface area contributed by atoms with Gasteiger partial charge >= 0.3 is 0 Å². The van der Waals surface area contributed by atoms with Crippen molar-refractivity contribution >= 4 is 23.8 Å². The fraction of sp³-hybridized carbons (Fsp3) is 0.312. The van der Waals surface area contributed by atoms with E-state index in [-0.39, 0.29) is 11.8 Å². The highest BCUT2D eigenvalue weighted by molar-refractivity contribution is 6.13. The fourth-order valence-electron chi connectivity index (χ4n) is 2.55. The minimum absolute atomic E-state index is 0.0849. The van der Waals surface area contributed by atoms with Crippen LogP contribution in [0, 0.1) is 0 Å². The number of carbonyl (C=O) groups is 2. The summed E-state index contributed by atoms with van der Waals surface area (Å²) in [5.41, 5.74) is 1.36. The van der Waals surface area contributed by atoms with E-state index in [1.54, 1.807) is 17.9 Å². The summed E-state index contributed by atoms with van der Waals surface area (Å²) in [7, 11) is 0. The normalized spacial score (nSPS) is 20.1. The molecule has 22 heavy (non-hydrogen) atoms. The van der Waals surface area contributed by atoms with E-state index in [0.29, 0.717) is 37.8 Å². The molecular weight excluding hydrogens is 280 g/mol. The van der Waals surface area contributed by atoms with E-state index in [4.69, 9.17) is 0 Å². The molecule has 0 bridgehead atoms. The quantitative estimate of drug-likeness (QED) is 0.775. The Morgan fingerprint density at radius 3 is 2.50 bits per heavy atom. The zero-order chi connectivity index (χ0) is 15.5. The molecule has 1 aromatic carbocycles. The third-order valence-electron chi connectivity index (χ3n) is 3.81. The van der Waals surface area contributed by atoms with Gasteiger partial charge in [0.05, 0.1) is 0 Å². The Hall–Kier alpha value is -2.63. The molecule has 0 atom stereocenters. The molecule has 2 heterocycles. The van der Waals surface area contributed by atoms with E-state index in [2.05, 4.69) is 10.3 Å². The molecule has 1 N–H and O–H groups in total. The van der Waals surface area contributed by atoms with Gasteiger partial charge in [-0.2, -0.15) is 0 Å². The number of carbonyl (C=O) groups excluding carboxylic acids is 2. The maximum Gasteiger partial charge on any atom is 0.276 e. The van der Waals surface area contributed by atoms with E-state index >= 15 is 0 Å². The van der Waals surface area contributed by atoms with Crippen LogP contribution in [0.25, 0.3) is 6.08 Å². The van der Waals surface area contributed by atoms with Crippen LogP contribution in [0.2, 0.25) is 0 Å². The van der Waals surface area contributed by atoms with E-state index < -0.39 is 0 Å². The molecule has 1 fully saturated rings. The molecule has 0 saturated carbocycles. The van der Waals surface area contributed by atoms with Crippen molar-refractivity contribution < 1.29 is 9.59 Å². The van der Waals surface area contributed by atoms with Crippen LogP contribution >= 0.6 is 0 Å². The number of aliphatic imine (C=N–C) groups is 1. The highest BCUT2D eigenvalue weighted by Gasteiger charge is 2.27. The summed E-state index contributed by atoms with van der Waals surface area (Å²) >= 11 is 0. The molecule has 0 radical (unpaired) electrons. The number of hydrogen-bond acceptors (Lipinski definition) is 4. The van der Waals surface area contributed by atoms with Gasteiger partial charge in [0, 0.05) is 33.1 Å². The van der Waals surface area contributed by atoms with Gasteiger partial charge in [-0.1, -0.05) is 30.3 Å². The summed E-state index contributed by atoms with van der Waals surface area (Å²) < 4.78 is 0. The first-order valence-electron chi connectivity index (χ1n) is 7.31. The Morgan fingerprint density at radius 1 is 1.18 bits per heavy atom. The van der Waals surface area contributed by atoms with Gasteiger partial charge in [0.25, 0.3) is 5.91 Å². The SMILES string of the molecule is CC(=O)N1CCN(C2=NC(=Cc3ccccc3)C(=O)N2)CC1. The molecule has 114 valence electrons. The zero-order valence-electron chi connectivity index (χ0n) is 12.5. The molecule has 6 nitrogen and oxygen atoms in total. The predicted octanol–water partition coefficient (Wildman–Crippen LogP) is 0.677. The summed E-state index contributed by atoms with van der Waals surface area (Å²) in [5, 5.41) is 2.80. The van der Waals surface area contributed by atoms with Crippen molar-refractivity contribution in [3.8, 4) is 0 Å². The zero-order valence-corrected chi connectivity index (χ0v) is 12.5. The Morgan fingerprint density at radius 2 is 1.86 bits per heavy atom. The minimum atomic E-state index is -0.187. The van der Waals surface area contributed by atoms with Crippen LogP contribution in [-0.2, 0) is 9.59 Å². The molecular formula is C16H18N4O2. The van der Waals surface area contributed by atoms with E-state index in [1.165, 1.54) is 0 Å². The molecule has 2 amide bonds. The summed E-state index contributed by atoms with van der Waals surface area (Å²) in [6.45, 7) is 4.24. The fourth-order valence-corrected chi connectivity index (χ4v) is 2.55. The molecule has 2 aliphatic rings. The van der Waals surface area contributed by atoms with E-state index in [0.717, 1.165) is 5.56 Å². The van der Waals surface area contributed by atoms with E-state index in [9.17, 15) is 9.59 Å². The molecule has 1 aromatic rings. The first-order valence-corrected chi connectivity index (χ1v) is 7.31. The topological polar surface area (TPSA) is 65.0 Å². The van der Waals surface area contributed by atoms with Crippen molar-refractivity contribution in [2.24, 2.45) is 4.99 Å². The molecule has 1 saturated heterocycles. The lowest BCUT2D eigenvalue weighted by atomic mass is 10.2. The highest BCUT2D eigenvalue weighted by atomic mass is 16.2. The number of amides is 2. The standard InChI is InChI=1S/C16H18N4O2/c1-12(21)19-7-9-20(10-8-19)16-17-14(15(22)18-16)11-13-5-3-2-4-6-13/h2-6,11H,7-10H2,1H3,(H,17,18,22). The van der Waals surface area contributed by atoms with Crippen molar-refractivity contribution in [1.82, 2.24) is 15.1 Å². The second kappa shape index (κ2) is 6.01. The van der Waals surface area contributed by atoms with Gasteiger partial charge in [0.15, 0.2) is 0 Å². The van der Waals surface area contributed by atoms with Gasteiger partial charge < -0.3 is 9.80 Å². The Kier molecular flexibility index (Phi) is 3.91. The maximum atomic E-state index is 12.0. The molecule has 6 heteroatoms. The molecule has 0 spiro atoms. The predicted molar refractivity (Wildman–Crippen MR) is 83.8 cm³/mol. The Bertz CT molecular complexity index is 643. The summed E-state index contributed by atoms with van der Waals surface area (Å²) in [6, 6.07) is 9.63. The number of piperazine rings is 1. The van der Waals surface area contributed by atoms with Crippen LogP contribution in [0.1, 0.15) is 12.5 Å². The number of rotatable bonds is 1. The van der Waals surface area contributed by atoms with Crippen molar-refractivity contribution in [2.75, 3.05) is 26.2 Å². The van der Waals surface area contributed by atoms with Crippen LogP contribution in [0.5, 0.6) is 0 Å². The van der Waals surface area contributed by atoms with Crippen molar-refractivity contribution in [3.05, 3.63) is 41.6 Å². The highest BCUT2D eigenvalue weighted by Crippen LogP contribution is 2.14. The molecule has 3 rings (SSSR count). The number of benzene rings is 1. The van der Waals surface area contributed by atoms with Crippen LogP contribution < -0.4 is 5.32 Å². The lowest BCUT2D eigenvalue weighted by molar-refractivity contribution is -0.130. The van der Waals surface area contributed by atoms with Crippen molar-refractivity contribution in [1.29, 1.82) is 0 Å². The van der Waals surface area contributed by atoms with Crippen LogP contribution in [0.4, 0.5) is 0 Å². The van der Waals surface area contributed by atoms with Gasteiger partial charge in [-0.15, -0.1) is 0 Å². The first-order chi connectivity index (χ1) is 10.6. The Labute approximate surface area is 129 Å². The molecule has 0 aromatic heterocycles. The smallest absolute Gasteiger partial charge is 0.276 e. The third kappa shape index (κ3) is 3.00. The van der Waals surface area contributed by atoms with Crippen LogP contribution in [-0.4, -0.2) is 53.8 Å². The monoisotopic (exact) mass is 298 g/mol. The largest absolute Gasteiger partial charge is 0.339 e. The van der Waals surface area contributed by atoms with Gasteiger partial charge in [-0.3, -0.25) is 14.9 Å². The average Bonchev–Trinajstić information content (AvgIpc) is 2.89. The number of hydrogen-bond donors (Lipinski definition) is 1. The first kappa shape index (κ1) is 14.3. The number of nitrogens with zero attached hydrogens (tertiary/aromatic N) is 3. The van der Waals surface area contributed by atoms with Crippen LogP contribution in [0.15, 0.2) is 41.0 Å². The summed E-state index contributed by atoms with van der Waals surface area (Å²) in [6.07, 6.45) is 1.77. The van der Waals surface area contributed by atoms with Crippen LogP contribution in [0.3, 0.4) is 0 Å². The van der Waals surface area contributed by atoms with Gasteiger partial charge in [-0.25, -0.2) is 4.99 Å². The van der Waals surface area contributed by atoms with Gasteiger partial charge in [0.1, 0.15) is 5.70 Å². The average molecular weight is 298 g/mol. The lowest BCUT2D eigenvalue weighted by Gasteiger charge is -2.34. The Balaban J connectivity index is 1.71. The molecule has 2 aliphatic heterocycles. The van der Waals surface area contributed by atoms with Crippen molar-refractivity contribution in [2.45, 2.75) is 6.92 Å². The summed E-state index contributed by atoms with van der Waals surface area (Å²) in [5.74, 6) is 0.477. The second-order valence-corrected chi connectivity index (χ2v) is 5.32. The minimum Gasteiger partial charge on any atom is -0.339 e. The molecule has 0 unspecified atom stereocenters. The summed E-state index contributed by atoms with van der Waals surface area (Å²) in [4.78, 5) is 31.6. The molecule has 0 aliphatic carbocycles. The van der Waals surface area contributed by atoms with Gasteiger partial charge in [-0.05, 0) is 11.6 Å². The second-order valence-electron chi connectivity index (χ2n) is 5.32. The lowest BCUT2D eigenvalue weighted by Crippen LogP contribution is -2.52. The third-order valence-corrected chi connectivity index (χ3v) is 3.81. The number of nitrogens with one attached hydrogen (secondary N) is 1.